The van der Waals surface area contributed by atoms with Gasteiger partial charge >= 0.3 is 5.97 Å². The Bertz CT molecular complexity index is 1130. The molecule has 1 aliphatic heterocycles. The number of nitrogens with one attached hydrogen (secondary N) is 3. The molecule has 1 fully saturated rings. The Hall–Kier alpha value is -2.91. The van der Waals surface area contributed by atoms with Gasteiger partial charge in [-0.2, -0.15) is 0 Å². The van der Waals surface area contributed by atoms with Crippen molar-refractivity contribution in [1.82, 2.24) is 15.3 Å². The fourth-order valence-corrected chi connectivity index (χ4v) is 4.69. The van der Waals surface area contributed by atoms with E-state index in [1.165, 1.54) is 17.7 Å². The molecule has 3 heterocycles. The average Bonchev–Trinajstić information content (AvgIpc) is 3.66. The van der Waals surface area contributed by atoms with E-state index >= 15 is 0 Å². The monoisotopic (exact) mass is 502 g/mol. The van der Waals surface area contributed by atoms with Crippen molar-refractivity contribution < 1.29 is 19.4 Å². The van der Waals surface area contributed by atoms with E-state index in [0.29, 0.717) is 25.1 Å². The van der Waals surface area contributed by atoms with E-state index < -0.39 is 23.3 Å². The van der Waals surface area contributed by atoms with Crippen LogP contribution in [-0.4, -0.2) is 52.8 Å². The molecule has 2 aromatic heterocycles. The number of ether oxygens (including phenoxy) is 1. The van der Waals surface area contributed by atoms with Crippen molar-refractivity contribution in [2.45, 2.75) is 62.8 Å². The zero-order chi connectivity index (χ0) is 24.8. The van der Waals surface area contributed by atoms with Crippen molar-refractivity contribution in [3.63, 3.8) is 0 Å². The van der Waals surface area contributed by atoms with Crippen LogP contribution in [0.1, 0.15) is 55.5 Å². The number of hydrogen-bond acceptors (Lipinski definition) is 6. The third-order valence-corrected chi connectivity index (χ3v) is 6.92. The number of unbranched alkanes of at least 4 members (excludes halogenated alkanes) is 1. The van der Waals surface area contributed by atoms with Crippen molar-refractivity contribution >= 4 is 29.3 Å². The molecule has 1 atom stereocenters. The van der Waals surface area contributed by atoms with Crippen LogP contribution in [0.3, 0.4) is 0 Å². The summed E-state index contributed by atoms with van der Waals surface area (Å²) in [6.07, 6.45) is 5.96. The summed E-state index contributed by atoms with van der Waals surface area (Å²) in [4.78, 5) is 43.6. The van der Waals surface area contributed by atoms with E-state index in [1.807, 2.05) is 0 Å². The number of rotatable bonds is 12. The number of carboxylic acid groups (broad SMARTS) is 1. The zero-order valence-corrected chi connectivity index (χ0v) is 20.3. The van der Waals surface area contributed by atoms with Crippen LogP contribution in [0.4, 0.5) is 5.82 Å². The Morgan fingerprint density at radius 3 is 2.80 bits per heavy atom. The highest BCUT2D eigenvalue weighted by Crippen LogP contribution is 2.49. The second-order valence-corrected chi connectivity index (χ2v) is 9.60. The van der Waals surface area contributed by atoms with Crippen LogP contribution in [0.5, 0.6) is 0 Å². The SMILES string of the molecule is O=C(O)[C@H](CCOCCCCc1ccc2c(n1)NCCC2)NC(=O)C1(c2[nH]c(=O)ccc2Cl)CC1. The van der Waals surface area contributed by atoms with Crippen LogP contribution in [0.15, 0.2) is 29.1 Å². The second kappa shape index (κ2) is 11.2. The quantitative estimate of drug-likeness (QED) is 0.328. The Morgan fingerprint density at radius 2 is 2.03 bits per heavy atom. The highest BCUT2D eigenvalue weighted by Gasteiger charge is 2.54. The molecule has 1 saturated carbocycles. The van der Waals surface area contributed by atoms with Gasteiger partial charge in [-0.15, -0.1) is 0 Å². The van der Waals surface area contributed by atoms with Gasteiger partial charge in [-0.25, -0.2) is 9.78 Å². The summed E-state index contributed by atoms with van der Waals surface area (Å²) in [5, 5.41) is 15.8. The Balaban J connectivity index is 1.18. The number of aryl methyl sites for hydroxylation is 2. The van der Waals surface area contributed by atoms with Crippen LogP contribution in [0.25, 0.3) is 0 Å². The normalized spacial score (nSPS) is 16.6. The van der Waals surface area contributed by atoms with Crippen LogP contribution < -0.4 is 16.2 Å². The van der Waals surface area contributed by atoms with Crippen molar-refractivity contribution in [2.24, 2.45) is 0 Å². The Morgan fingerprint density at radius 1 is 1.20 bits per heavy atom. The standard InChI is InChI=1S/C25H31ClN4O5/c26-18-8-9-20(31)30-21(18)25(11-12-25)24(34)29-19(23(32)33)10-15-35-14-2-1-5-17-7-6-16-4-3-13-27-22(16)28-17/h6-9,19H,1-5,10-15H2,(H,27,28)(H,29,34)(H,30,31)(H,32,33)/t19-/m0/s1. The number of amides is 1. The van der Waals surface area contributed by atoms with Gasteiger partial charge in [0.1, 0.15) is 11.9 Å². The number of halogens is 1. The van der Waals surface area contributed by atoms with Crippen molar-refractivity contribution in [3.8, 4) is 0 Å². The first-order valence-electron chi connectivity index (χ1n) is 12.1. The molecule has 0 radical (unpaired) electrons. The number of carboxylic acids is 1. The zero-order valence-electron chi connectivity index (χ0n) is 19.6. The summed E-state index contributed by atoms with van der Waals surface area (Å²) in [5.41, 5.74) is 1.34. The Labute approximate surface area is 208 Å². The number of carbonyl (C=O) groups is 2. The van der Waals surface area contributed by atoms with Gasteiger partial charge in [-0.3, -0.25) is 9.59 Å². The van der Waals surface area contributed by atoms with Crippen LogP contribution in [0.2, 0.25) is 5.02 Å². The van der Waals surface area contributed by atoms with Gasteiger partial charge in [-0.1, -0.05) is 17.7 Å². The highest BCUT2D eigenvalue weighted by atomic mass is 35.5. The summed E-state index contributed by atoms with van der Waals surface area (Å²) < 4.78 is 5.63. The van der Waals surface area contributed by atoms with Gasteiger partial charge in [0.2, 0.25) is 11.5 Å². The van der Waals surface area contributed by atoms with Gasteiger partial charge in [0, 0.05) is 37.9 Å². The van der Waals surface area contributed by atoms with Crippen LogP contribution in [-0.2, 0) is 32.6 Å². The van der Waals surface area contributed by atoms with Crippen LogP contribution in [0, 0.1) is 0 Å². The van der Waals surface area contributed by atoms with Crippen molar-refractivity contribution in [3.05, 3.63) is 56.6 Å². The number of aromatic amines is 1. The third kappa shape index (κ3) is 6.21. The molecule has 4 rings (SSSR count). The number of carbonyl (C=O) groups excluding carboxylic acids is 1. The lowest BCUT2D eigenvalue weighted by atomic mass is 9.99. The molecule has 0 bridgehead atoms. The number of pyridine rings is 2. The van der Waals surface area contributed by atoms with E-state index in [9.17, 15) is 19.5 Å². The number of fused-ring (bicyclic) bond motifs is 1. The fraction of sp³-hybridized carbons (Fsp3) is 0.520. The largest absolute Gasteiger partial charge is 0.480 e. The minimum Gasteiger partial charge on any atom is -0.480 e. The predicted molar refractivity (Wildman–Crippen MR) is 132 cm³/mol. The summed E-state index contributed by atoms with van der Waals surface area (Å²) in [5.74, 6) is -0.571. The molecule has 35 heavy (non-hydrogen) atoms. The van der Waals surface area contributed by atoms with Gasteiger partial charge < -0.3 is 25.5 Å². The Kier molecular flexibility index (Phi) is 8.07. The summed E-state index contributed by atoms with van der Waals surface area (Å²) >= 11 is 6.18. The molecule has 2 aliphatic rings. The van der Waals surface area contributed by atoms with E-state index in [4.69, 9.17) is 16.3 Å². The van der Waals surface area contributed by atoms with E-state index in [1.54, 1.807) is 0 Å². The summed E-state index contributed by atoms with van der Waals surface area (Å²) in [6.45, 7) is 1.69. The molecular formula is C25H31ClN4O5. The number of H-pyrrole nitrogens is 1. The molecule has 0 spiro atoms. The minimum absolute atomic E-state index is 0.147. The van der Waals surface area contributed by atoms with Crippen LogP contribution >= 0.6 is 11.6 Å². The minimum atomic E-state index is -1.13. The van der Waals surface area contributed by atoms with E-state index in [2.05, 4.69) is 32.7 Å². The molecule has 0 unspecified atom stereocenters. The molecule has 0 saturated heterocycles. The van der Waals surface area contributed by atoms with Gasteiger partial charge in [0.15, 0.2) is 0 Å². The maximum atomic E-state index is 12.9. The maximum Gasteiger partial charge on any atom is 0.326 e. The topological polar surface area (TPSA) is 133 Å². The van der Waals surface area contributed by atoms with Gasteiger partial charge in [-0.05, 0) is 62.6 Å². The lowest BCUT2D eigenvalue weighted by molar-refractivity contribution is -0.142. The molecule has 10 heteroatoms. The molecule has 188 valence electrons. The molecule has 1 aliphatic carbocycles. The number of aliphatic carboxylic acids is 1. The molecule has 4 N–H and O–H groups in total. The lowest BCUT2D eigenvalue weighted by Gasteiger charge is -2.20. The number of aromatic nitrogens is 2. The highest BCUT2D eigenvalue weighted by molar-refractivity contribution is 6.31. The van der Waals surface area contributed by atoms with Crippen molar-refractivity contribution in [1.29, 1.82) is 0 Å². The summed E-state index contributed by atoms with van der Waals surface area (Å²) in [7, 11) is 0. The first-order chi connectivity index (χ1) is 16.9. The van der Waals surface area contributed by atoms with E-state index in [0.717, 1.165) is 50.2 Å². The fourth-order valence-electron chi connectivity index (χ4n) is 4.40. The smallest absolute Gasteiger partial charge is 0.326 e. The maximum absolute atomic E-state index is 12.9. The van der Waals surface area contributed by atoms with E-state index in [-0.39, 0.29) is 23.6 Å². The third-order valence-electron chi connectivity index (χ3n) is 6.61. The predicted octanol–water partition coefficient (Wildman–Crippen LogP) is 2.81. The number of nitrogens with zero attached hydrogens (tertiary/aromatic N) is 1. The first kappa shape index (κ1) is 25.2. The summed E-state index contributed by atoms with van der Waals surface area (Å²) in [6, 6.07) is 5.89. The first-order valence-corrected chi connectivity index (χ1v) is 12.5. The molecule has 9 nitrogen and oxygen atoms in total. The number of anilines is 1. The van der Waals surface area contributed by atoms with Crippen molar-refractivity contribution in [2.75, 3.05) is 25.1 Å². The molecular weight excluding hydrogens is 472 g/mol. The molecule has 2 aromatic rings. The molecule has 0 aromatic carbocycles. The molecule has 1 amide bonds. The average molecular weight is 503 g/mol. The van der Waals surface area contributed by atoms with Gasteiger partial charge in [0.25, 0.3) is 0 Å². The lowest BCUT2D eigenvalue weighted by Crippen LogP contribution is -2.46. The second-order valence-electron chi connectivity index (χ2n) is 9.19. The number of hydrogen-bond donors (Lipinski definition) is 4. The van der Waals surface area contributed by atoms with Gasteiger partial charge in [0.05, 0.1) is 16.1 Å².